The van der Waals surface area contributed by atoms with E-state index in [9.17, 15) is 39.0 Å². The van der Waals surface area contributed by atoms with Crippen LogP contribution >= 0.6 is 0 Å². The van der Waals surface area contributed by atoms with Gasteiger partial charge in [0, 0.05) is 18.5 Å². The zero-order valence-corrected chi connectivity index (χ0v) is 23.5. The third-order valence-electron chi connectivity index (χ3n) is 8.37. The van der Waals surface area contributed by atoms with Gasteiger partial charge in [-0.15, -0.1) is 0 Å². The molecule has 0 heterocycles. The number of likely N-dealkylation sites (N-methyl/N-ethyl adjacent to an activating group) is 1. The summed E-state index contributed by atoms with van der Waals surface area (Å²) in [6.07, 6.45) is 3.37. The van der Waals surface area contributed by atoms with E-state index in [1.54, 1.807) is 0 Å². The zero-order chi connectivity index (χ0) is 30.4. The Morgan fingerprint density at radius 3 is 2.41 bits per heavy atom. The molecule has 2 unspecified atom stereocenters. The number of fused-ring (bicyclic) bond motifs is 3. The van der Waals surface area contributed by atoms with Crippen LogP contribution in [0.3, 0.4) is 0 Å². The minimum Gasteiger partial charge on any atom is -0.507 e. The lowest BCUT2D eigenvalue weighted by Crippen LogP contribution is -2.74. The van der Waals surface area contributed by atoms with Crippen LogP contribution in [0.5, 0.6) is 5.75 Å². The van der Waals surface area contributed by atoms with Crippen LogP contribution in [0.25, 0.3) is 6.08 Å². The van der Waals surface area contributed by atoms with Crippen LogP contribution < -0.4 is 5.73 Å². The van der Waals surface area contributed by atoms with Gasteiger partial charge in [0.05, 0.1) is 24.1 Å². The van der Waals surface area contributed by atoms with Crippen molar-refractivity contribution in [2.75, 3.05) is 41.3 Å². The largest absolute Gasteiger partial charge is 0.507 e. The van der Waals surface area contributed by atoms with E-state index >= 15 is 0 Å². The molecule has 41 heavy (non-hydrogen) atoms. The molecular formula is C29H35N3O9. The van der Waals surface area contributed by atoms with Crippen molar-refractivity contribution in [1.29, 1.82) is 0 Å². The number of benzene rings is 1. The number of ketones is 4. The normalized spacial score (nSPS) is 29.5. The Kier molecular flexibility index (Phi) is 8.30. The van der Waals surface area contributed by atoms with Crippen LogP contribution in [-0.4, -0.2) is 108 Å². The molecule has 2 fully saturated rings. The van der Waals surface area contributed by atoms with E-state index in [1.165, 1.54) is 43.3 Å². The molecule has 3 aliphatic carbocycles. The minimum atomic E-state index is -2.78. The Labute approximate surface area is 237 Å². The summed E-state index contributed by atoms with van der Waals surface area (Å²) in [5.74, 6) is -11.7. The minimum absolute atomic E-state index is 0.0589. The number of hydrogen-bond acceptors (Lipinski definition) is 11. The number of rotatable bonds is 8. The third-order valence-corrected chi connectivity index (χ3v) is 8.37. The van der Waals surface area contributed by atoms with Crippen molar-refractivity contribution in [2.24, 2.45) is 29.4 Å². The van der Waals surface area contributed by atoms with Gasteiger partial charge in [-0.2, -0.15) is 0 Å². The molecule has 4 N–H and O–H groups in total. The van der Waals surface area contributed by atoms with E-state index in [2.05, 4.69) is 0 Å². The lowest BCUT2D eigenvalue weighted by Gasteiger charge is -2.52. The third kappa shape index (κ3) is 5.11. The number of Topliss-reactive ketones (excluding diaryl/α,β-unsaturated/α-hetero) is 4. The summed E-state index contributed by atoms with van der Waals surface area (Å²) in [5.41, 5.74) is 3.26. The fraction of sp³-hybridized carbons (Fsp3) is 0.517. The van der Waals surface area contributed by atoms with Crippen molar-refractivity contribution in [1.82, 2.24) is 9.80 Å². The maximum atomic E-state index is 13.8. The number of hydrogen-bond donors (Lipinski definition) is 3. The number of nitrogens with two attached hydrogens (primary N) is 1. The number of amides is 1. The molecule has 12 nitrogen and oxygen atoms in total. The average Bonchev–Trinajstić information content (AvgIpc) is 2.87. The molecule has 0 saturated heterocycles. The standard InChI is InChI=1S/C29H35N3O9/c1-31(2)10-5-11-41-19(34)9-7-14-6-8-18(33)21-16(14)12-15-13-17-23(32(3)4)25(36)22(28(30)39)27(38)29(17,40)26(37)20(15)24(21)35/h6-9,15,17,20,22-23,33,40H,5,10-13H2,1-4H3,(H2,30,39)/b9-7+/t15-,17-,20?,22?,23-,29-/m0/s1. The van der Waals surface area contributed by atoms with Gasteiger partial charge in [-0.25, -0.2) is 4.79 Å². The van der Waals surface area contributed by atoms with E-state index < -0.39 is 70.3 Å². The van der Waals surface area contributed by atoms with E-state index in [-0.39, 0.29) is 30.8 Å². The van der Waals surface area contributed by atoms with Crippen LogP contribution in [0.2, 0.25) is 0 Å². The molecule has 0 aromatic heterocycles. The predicted octanol–water partition coefficient (Wildman–Crippen LogP) is -0.625. The fourth-order valence-corrected chi connectivity index (χ4v) is 6.54. The van der Waals surface area contributed by atoms with Gasteiger partial charge in [0.2, 0.25) is 5.91 Å². The van der Waals surface area contributed by atoms with E-state index in [4.69, 9.17) is 10.5 Å². The second kappa shape index (κ2) is 11.3. The van der Waals surface area contributed by atoms with Crippen LogP contribution in [-0.2, 0) is 35.1 Å². The van der Waals surface area contributed by atoms with Gasteiger partial charge in [-0.3, -0.25) is 28.9 Å². The summed E-state index contributed by atoms with van der Waals surface area (Å²) in [6, 6.07) is 1.62. The summed E-state index contributed by atoms with van der Waals surface area (Å²) in [6.45, 7) is 0.974. The highest BCUT2D eigenvalue weighted by molar-refractivity contribution is 6.32. The first kappa shape index (κ1) is 30.2. The number of carbonyl (C=O) groups excluding carboxylic acids is 6. The van der Waals surface area contributed by atoms with Crippen LogP contribution in [0, 0.1) is 23.7 Å². The molecule has 1 amide bonds. The number of phenols is 1. The quantitative estimate of drug-likeness (QED) is 0.157. The molecule has 2 saturated carbocycles. The Bertz CT molecular complexity index is 1350. The number of ether oxygens (including phenoxy) is 1. The van der Waals surface area contributed by atoms with Crippen LogP contribution in [0.1, 0.15) is 34.3 Å². The first-order chi connectivity index (χ1) is 19.2. The number of primary amides is 1. The first-order valence-corrected chi connectivity index (χ1v) is 13.4. The summed E-state index contributed by atoms with van der Waals surface area (Å²) in [7, 11) is 6.86. The number of nitrogens with zero attached hydrogens (tertiary/aromatic N) is 2. The SMILES string of the molecule is CN(C)CCCOC(=O)/C=C/c1ccc(O)c2c1C[C@H]1C[C@H]3[C@H](N(C)C)C(=O)C(C(N)=O)C(=O)[C@@]3(O)C(=O)C1C2=O. The number of aromatic hydroxyl groups is 1. The Hall–Kier alpha value is -3.74. The predicted molar refractivity (Wildman–Crippen MR) is 145 cm³/mol. The van der Waals surface area contributed by atoms with Gasteiger partial charge in [-0.05, 0) is 76.6 Å². The monoisotopic (exact) mass is 569 g/mol. The summed E-state index contributed by atoms with van der Waals surface area (Å²) in [5, 5.41) is 22.2. The maximum absolute atomic E-state index is 13.8. The van der Waals surface area contributed by atoms with Crippen LogP contribution in [0.15, 0.2) is 18.2 Å². The first-order valence-electron chi connectivity index (χ1n) is 13.4. The molecular weight excluding hydrogens is 534 g/mol. The topological polar surface area (TPSA) is 185 Å². The zero-order valence-electron chi connectivity index (χ0n) is 23.5. The lowest BCUT2D eigenvalue weighted by molar-refractivity contribution is -0.181. The molecule has 220 valence electrons. The smallest absolute Gasteiger partial charge is 0.330 e. The van der Waals surface area contributed by atoms with Crippen molar-refractivity contribution in [3.8, 4) is 5.75 Å². The van der Waals surface area contributed by atoms with Gasteiger partial charge < -0.3 is 25.6 Å². The molecule has 6 atom stereocenters. The van der Waals surface area contributed by atoms with Crippen molar-refractivity contribution in [2.45, 2.75) is 30.9 Å². The lowest BCUT2D eigenvalue weighted by atomic mass is 9.52. The van der Waals surface area contributed by atoms with Gasteiger partial charge in [0.1, 0.15) is 5.75 Å². The molecule has 0 aliphatic heterocycles. The van der Waals surface area contributed by atoms with Crippen molar-refractivity contribution >= 4 is 41.1 Å². The van der Waals surface area contributed by atoms with Gasteiger partial charge in [0.15, 0.2) is 34.7 Å². The van der Waals surface area contributed by atoms with Crippen molar-refractivity contribution < 1.29 is 43.7 Å². The van der Waals surface area contributed by atoms with E-state index in [0.717, 1.165) is 6.54 Å². The maximum Gasteiger partial charge on any atom is 0.330 e. The summed E-state index contributed by atoms with van der Waals surface area (Å²) < 4.78 is 5.21. The Morgan fingerprint density at radius 2 is 1.80 bits per heavy atom. The number of carbonyl (C=O) groups is 6. The van der Waals surface area contributed by atoms with Gasteiger partial charge >= 0.3 is 5.97 Å². The van der Waals surface area contributed by atoms with Crippen molar-refractivity contribution in [3.63, 3.8) is 0 Å². The molecule has 1 aromatic rings. The second-order valence-corrected chi connectivity index (χ2v) is 11.5. The molecule has 0 bridgehead atoms. The van der Waals surface area contributed by atoms with Crippen LogP contribution in [0.4, 0.5) is 0 Å². The van der Waals surface area contributed by atoms with Gasteiger partial charge in [-0.1, -0.05) is 6.07 Å². The molecule has 0 radical (unpaired) electrons. The van der Waals surface area contributed by atoms with Gasteiger partial charge in [0.25, 0.3) is 0 Å². The number of esters is 1. The molecule has 4 rings (SSSR count). The highest BCUT2D eigenvalue weighted by Gasteiger charge is 2.69. The second-order valence-electron chi connectivity index (χ2n) is 11.5. The van der Waals surface area contributed by atoms with E-state index in [0.29, 0.717) is 17.5 Å². The molecule has 0 spiro atoms. The average molecular weight is 570 g/mol. The number of aliphatic hydroxyl groups is 1. The Morgan fingerprint density at radius 1 is 1.12 bits per heavy atom. The summed E-state index contributed by atoms with van der Waals surface area (Å²) in [4.78, 5) is 81.8. The number of phenolic OH excluding ortho intramolecular Hbond substituents is 1. The fourth-order valence-electron chi connectivity index (χ4n) is 6.54. The van der Waals surface area contributed by atoms with E-state index in [1.807, 2.05) is 19.0 Å². The Balaban J connectivity index is 1.69. The highest BCUT2D eigenvalue weighted by Crippen LogP contribution is 2.51. The molecule has 3 aliphatic rings. The highest BCUT2D eigenvalue weighted by atomic mass is 16.5. The summed E-state index contributed by atoms with van der Waals surface area (Å²) >= 11 is 0. The molecule has 12 heteroatoms. The molecule has 1 aromatic carbocycles. The van der Waals surface area contributed by atoms with Crippen molar-refractivity contribution in [3.05, 3.63) is 34.9 Å².